The van der Waals surface area contributed by atoms with Crippen molar-refractivity contribution < 1.29 is 4.43 Å². The second-order valence-electron chi connectivity index (χ2n) is 7.75. The van der Waals surface area contributed by atoms with Gasteiger partial charge in [-0.2, -0.15) is 0 Å². The molecular formula is C23H27NOSi. The van der Waals surface area contributed by atoms with E-state index in [9.17, 15) is 0 Å². The predicted molar refractivity (Wildman–Crippen MR) is 113 cm³/mol. The number of hydrogen-bond acceptors (Lipinski definition) is 2. The molecule has 0 aliphatic rings. The zero-order chi connectivity index (χ0) is 18.6. The lowest BCUT2D eigenvalue weighted by molar-refractivity contribution is 0.0897. The molecule has 0 fully saturated rings. The number of benzene rings is 3. The molecular weight excluding hydrogens is 334 g/mol. The van der Waals surface area contributed by atoms with Gasteiger partial charge in [0.25, 0.3) is 0 Å². The molecule has 3 aromatic rings. The van der Waals surface area contributed by atoms with E-state index in [4.69, 9.17) is 10.2 Å². The summed E-state index contributed by atoms with van der Waals surface area (Å²) in [6.07, 6.45) is -0.0249. The fraction of sp³-hybridized carbons (Fsp3) is 0.217. The molecule has 1 atom stereocenters. The van der Waals surface area contributed by atoms with Gasteiger partial charge in [0, 0.05) is 5.69 Å². The monoisotopic (exact) mass is 361 g/mol. The first-order valence-electron chi connectivity index (χ1n) is 9.06. The van der Waals surface area contributed by atoms with Gasteiger partial charge in [0.2, 0.25) is 9.04 Å². The fourth-order valence-electron chi connectivity index (χ4n) is 3.25. The Bertz CT molecular complexity index is 788. The highest BCUT2D eigenvalue weighted by atomic mass is 28.3. The average molecular weight is 362 g/mol. The average Bonchev–Trinajstić information content (AvgIpc) is 2.63. The zero-order valence-electron chi connectivity index (χ0n) is 15.7. The van der Waals surface area contributed by atoms with Gasteiger partial charge in [0.15, 0.2) is 0 Å². The molecule has 2 nitrogen and oxygen atoms in total. The first-order valence-corrected chi connectivity index (χ1v) is 10.7. The van der Waals surface area contributed by atoms with Crippen molar-refractivity contribution in [3.8, 4) is 0 Å². The van der Waals surface area contributed by atoms with E-state index in [2.05, 4.69) is 87.5 Å². The molecule has 0 heterocycles. The zero-order valence-corrected chi connectivity index (χ0v) is 16.9. The Hall–Kier alpha value is -2.36. The van der Waals surface area contributed by atoms with Crippen molar-refractivity contribution in [1.29, 1.82) is 0 Å². The van der Waals surface area contributed by atoms with Crippen molar-refractivity contribution >= 4 is 25.1 Å². The van der Waals surface area contributed by atoms with E-state index < -0.39 is 9.04 Å². The standard InChI is InChI=1S/C23H27NOSi/c1-23(2,3)22(18-11-10-12-19(24)17-18)25-26(20-13-6-4-7-14-20)21-15-8-5-9-16-21/h4-17,22,26H,24H2,1-3H3. The van der Waals surface area contributed by atoms with Crippen LogP contribution < -0.4 is 16.1 Å². The molecule has 3 heteroatoms. The third-order valence-corrected chi connectivity index (χ3v) is 7.00. The van der Waals surface area contributed by atoms with Crippen LogP contribution in [-0.2, 0) is 4.43 Å². The van der Waals surface area contributed by atoms with Gasteiger partial charge in [0.1, 0.15) is 0 Å². The summed E-state index contributed by atoms with van der Waals surface area (Å²) in [5.74, 6) is 0. The molecule has 0 radical (unpaired) electrons. The van der Waals surface area contributed by atoms with Gasteiger partial charge in [-0.05, 0) is 33.5 Å². The highest BCUT2D eigenvalue weighted by molar-refractivity contribution is 6.80. The van der Waals surface area contributed by atoms with E-state index in [0.717, 1.165) is 11.3 Å². The molecule has 0 aromatic heterocycles. The molecule has 0 aliphatic heterocycles. The van der Waals surface area contributed by atoms with Crippen molar-refractivity contribution in [3.63, 3.8) is 0 Å². The second-order valence-corrected chi connectivity index (χ2v) is 10.1. The van der Waals surface area contributed by atoms with Crippen LogP contribution in [0.15, 0.2) is 84.9 Å². The normalized spacial score (nSPS) is 12.9. The van der Waals surface area contributed by atoms with E-state index in [0.29, 0.717) is 0 Å². The minimum Gasteiger partial charge on any atom is -0.403 e. The van der Waals surface area contributed by atoms with Crippen LogP contribution in [0.2, 0.25) is 0 Å². The van der Waals surface area contributed by atoms with Crippen molar-refractivity contribution in [3.05, 3.63) is 90.5 Å². The van der Waals surface area contributed by atoms with Gasteiger partial charge in [0.05, 0.1) is 6.10 Å². The van der Waals surface area contributed by atoms with Crippen LogP contribution in [0, 0.1) is 5.41 Å². The van der Waals surface area contributed by atoms with Crippen molar-refractivity contribution in [2.75, 3.05) is 5.73 Å². The smallest absolute Gasteiger partial charge is 0.240 e. The lowest BCUT2D eigenvalue weighted by Gasteiger charge is -2.35. The van der Waals surface area contributed by atoms with Gasteiger partial charge < -0.3 is 10.2 Å². The SMILES string of the molecule is CC(C)(C)C(O[SiH](c1ccccc1)c1ccccc1)c1cccc(N)c1. The number of nitrogen functional groups attached to an aromatic ring is 1. The van der Waals surface area contributed by atoms with E-state index >= 15 is 0 Å². The van der Waals surface area contributed by atoms with E-state index in [-0.39, 0.29) is 11.5 Å². The first-order chi connectivity index (χ1) is 12.4. The lowest BCUT2D eigenvalue weighted by atomic mass is 9.85. The molecule has 3 rings (SSSR count). The molecule has 0 aliphatic carbocycles. The number of rotatable bonds is 5. The highest BCUT2D eigenvalue weighted by Gasteiger charge is 2.31. The van der Waals surface area contributed by atoms with E-state index in [1.54, 1.807) is 0 Å². The van der Waals surface area contributed by atoms with Crippen LogP contribution in [-0.4, -0.2) is 9.04 Å². The molecule has 0 saturated carbocycles. The molecule has 0 saturated heterocycles. The van der Waals surface area contributed by atoms with Crippen LogP contribution in [0.3, 0.4) is 0 Å². The first kappa shape index (κ1) is 18.4. The Balaban J connectivity index is 2.03. The molecule has 0 bridgehead atoms. The third kappa shape index (κ3) is 4.42. The number of nitrogens with two attached hydrogens (primary N) is 1. The second kappa shape index (κ2) is 7.90. The summed E-state index contributed by atoms with van der Waals surface area (Å²) in [6, 6.07) is 29.3. The summed E-state index contributed by atoms with van der Waals surface area (Å²) in [6.45, 7) is 6.67. The summed E-state index contributed by atoms with van der Waals surface area (Å²) in [7, 11) is -1.83. The Morgan fingerprint density at radius 1 is 0.769 bits per heavy atom. The minimum absolute atomic E-state index is 0.0249. The highest BCUT2D eigenvalue weighted by Crippen LogP contribution is 2.37. The quantitative estimate of drug-likeness (QED) is 0.552. The predicted octanol–water partition coefficient (Wildman–Crippen LogP) is 3.91. The van der Waals surface area contributed by atoms with Crippen molar-refractivity contribution in [2.45, 2.75) is 26.9 Å². The molecule has 2 N–H and O–H groups in total. The summed E-state index contributed by atoms with van der Waals surface area (Å²) >= 11 is 0. The molecule has 134 valence electrons. The van der Waals surface area contributed by atoms with Crippen molar-refractivity contribution in [2.24, 2.45) is 5.41 Å². The van der Waals surface area contributed by atoms with Gasteiger partial charge in [-0.15, -0.1) is 0 Å². The van der Waals surface area contributed by atoms with E-state index in [1.807, 2.05) is 18.2 Å². The minimum atomic E-state index is -1.83. The molecule has 0 amide bonds. The largest absolute Gasteiger partial charge is 0.403 e. The summed E-state index contributed by atoms with van der Waals surface area (Å²) in [5, 5.41) is 2.58. The third-order valence-electron chi connectivity index (χ3n) is 4.48. The Labute approximate surface area is 158 Å². The molecule has 3 aromatic carbocycles. The number of anilines is 1. The molecule has 26 heavy (non-hydrogen) atoms. The van der Waals surface area contributed by atoms with Gasteiger partial charge in [-0.25, -0.2) is 0 Å². The van der Waals surface area contributed by atoms with Crippen LogP contribution in [0.4, 0.5) is 5.69 Å². The van der Waals surface area contributed by atoms with Crippen LogP contribution in [0.1, 0.15) is 32.4 Å². The topological polar surface area (TPSA) is 35.2 Å². The van der Waals surface area contributed by atoms with Crippen molar-refractivity contribution in [1.82, 2.24) is 0 Å². The maximum absolute atomic E-state index is 6.91. The summed E-state index contributed by atoms with van der Waals surface area (Å²) in [5.41, 5.74) is 7.93. The molecule has 0 spiro atoms. The van der Waals surface area contributed by atoms with Crippen LogP contribution >= 0.6 is 0 Å². The van der Waals surface area contributed by atoms with Gasteiger partial charge in [-0.1, -0.05) is 93.6 Å². The maximum Gasteiger partial charge on any atom is 0.240 e. The Morgan fingerprint density at radius 3 is 1.77 bits per heavy atom. The molecule has 1 unspecified atom stereocenters. The van der Waals surface area contributed by atoms with Gasteiger partial charge >= 0.3 is 0 Å². The maximum atomic E-state index is 6.91. The lowest BCUT2D eigenvalue weighted by Crippen LogP contribution is -2.47. The van der Waals surface area contributed by atoms with E-state index in [1.165, 1.54) is 10.4 Å². The fourth-order valence-corrected chi connectivity index (χ4v) is 5.93. The van der Waals surface area contributed by atoms with Crippen LogP contribution in [0.5, 0.6) is 0 Å². The Morgan fingerprint density at radius 2 is 1.31 bits per heavy atom. The Kier molecular flexibility index (Phi) is 5.60. The van der Waals surface area contributed by atoms with Gasteiger partial charge in [-0.3, -0.25) is 0 Å². The summed E-state index contributed by atoms with van der Waals surface area (Å²) in [4.78, 5) is 0. The summed E-state index contributed by atoms with van der Waals surface area (Å²) < 4.78 is 6.91. The number of hydrogen-bond donors (Lipinski definition) is 1. The van der Waals surface area contributed by atoms with Crippen LogP contribution in [0.25, 0.3) is 0 Å².